The summed E-state index contributed by atoms with van der Waals surface area (Å²) in [6.07, 6.45) is 4.37. The van der Waals surface area contributed by atoms with E-state index in [4.69, 9.17) is 5.73 Å². The standard InChI is InChI=1S/C13H24N2O3S2/c1-2-20(17,18)11-10-19-9-8-15(11)12(16)13(14)6-4-3-5-7-13/h11H,2-10,14H2,1H3. The zero-order chi connectivity index (χ0) is 14.8. The van der Waals surface area contributed by atoms with Crippen molar-refractivity contribution in [1.82, 2.24) is 4.90 Å². The molecular formula is C13H24N2O3S2. The van der Waals surface area contributed by atoms with Gasteiger partial charge < -0.3 is 10.6 Å². The Hall–Kier alpha value is -0.270. The summed E-state index contributed by atoms with van der Waals surface area (Å²) in [5.74, 6) is 1.18. The summed E-state index contributed by atoms with van der Waals surface area (Å²) in [7, 11) is -3.25. The van der Waals surface area contributed by atoms with E-state index in [0.717, 1.165) is 25.0 Å². The number of hydrogen-bond acceptors (Lipinski definition) is 5. The maximum Gasteiger partial charge on any atom is 0.243 e. The largest absolute Gasteiger partial charge is 0.322 e. The number of carbonyl (C=O) groups excluding carboxylic acids is 1. The third kappa shape index (κ3) is 3.14. The van der Waals surface area contributed by atoms with Gasteiger partial charge in [0.05, 0.1) is 5.54 Å². The highest BCUT2D eigenvalue weighted by Gasteiger charge is 2.44. The van der Waals surface area contributed by atoms with E-state index in [9.17, 15) is 13.2 Å². The second-order valence-electron chi connectivity index (χ2n) is 5.70. The van der Waals surface area contributed by atoms with Crippen LogP contribution >= 0.6 is 11.8 Å². The molecule has 0 radical (unpaired) electrons. The molecular weight excluding hydrogens is 296 g/mol. The van der Waals surface area contributed by atoms with Gasteiger partial charge in [-0.2, -0.15) is 11.8 Å². The van der Waals surface area contributed by atoms with Crippen LogP contribution in [0.25, 0.3) is 0 Å². The van der Waals surface area contributed by atoms with E-state index in [0.29, 0.717) is 25.1 Å². The first kappa shape index (κ1) is 16.1. The van der Waals surface area contributed by atoms with Crippen LogP contribution in [0.15, 0.2) is 0 Å². The second-order valence-corrected chi connectivity index (χ2v) is 9.29. The third-order valence-electron chi connectivity index (χ3n) is 4.33. The second kappa shape index (κ2) is 6.23. The number of sulfone groups is 1. The van der Waals surface area contributed by atoms with Crippen molar-refractivity contribution in [3.63, 3.8) is 0 Å². The molecule has 116 valence electrons. The summed E-state index contributed by atoms with van der Waals surface area (Å²) < 4.78 is 24.4. The highest BCUT2D eigenvalue weighted by atomic mass is 32.2. The molecule has 20 heavy (non-hydrogen) atoms. The summed E-state index contributed by atoms with van der Waals surface area (Å²) in [6, 6.07) is 0. The highest BCUT2D eigenvalue weighted by molar-refractivity contribution is 8.01. The summed E-state index contributed by atoms with van der Waals surface area (Å²) in [6.45, 7) is 2.13. The minimum absolute atomic E-state index is 0.0690. The number of nitrogens with two attached hydrogens (primary N) is 1. The molecule has 2 aliphatic rings. The minimum atomic E-state index is -3.25. The molecule has 0 bridgehead atoms. The van der Waals surface area contributed by atoms with Crippen molar-refractivity contribution in [2.45, 2.75) is 49.9 Å². The average Bonchev–Trinajstić information content (AvgIpc) is 2.47. The Morgan fingerprint density at radius 3 is 2.60 bits per heavy atom. The van der Waals surface area contributed by atoms with Crippen molar-refractivity contribution in [3.05, 3.63) is 0 Å². The van der Waals surface area contributed by atoms with Gasteiger partial charge in [0.25, 0.3) is 0 Å². The Balaban J connectivity index is 2.21. The van der Waals surface area contributed by atoms with Crippen LogP contribution in [0.4, 0.5) is 0 Å². The van der Waals surface area contributed by atoms with E-state index in [2.05, 4.69) is 0 Å². The SMILES string of the molecule is CCS(=O)(=O)C1CSCCN1C(=O)C1(N)CCCCC1. The fourth-order valence-corrected chi connectivity index (χ4v) is 5.95. The molecule has 0 aromatic rings. The van der Waals surface area contributed by atoms with E-state index in [1.165, 1.54) is 0 Å². The Morgan fingerprint density at radius 2 is 2.00 bits per heavy atom. The first-order valence-electron chi connectivity index (χ1n) is 7.30. The first-order valence-corrected chi connectivity index (χ1v) is 10.2. The molecule has 2 N–H and O–H groups in total. The summed E-state index contributed by atoms with van der Waals surface area (Å²) in [4.78, 5) is 14.3. The van der Waals surface area contributed by atoms with Gasteiger partial charge in [-0.3, -0.25) is 4.79 Å². The molecule has 1 heterocycles. The Kier molecular flexibility index (Phi) is 5.02. The lowest BCUT2D eigenvalue weighted by atomic mass is 9.81. The van der Waals surface area contributed by atoms with Crippen LogP contribution in [0.3, 0.4) is 0 Å². The van der Waals surface area contributed by atoms with Crippen LogP contribution in [0.2, 0.25) is 0 Å². The van der Waals surface area contributed by atoms with E-state index in [-0.39, 0.29) is 11.7 Å². The molecule has 7 heteroatoms. The Bertz CT molecular complexity index is 458. The Morgan fingerprint density at radius 1 is 1.35 bits per heavy atom. The normalized spacial score (nSPS) is 27.3. The summed E-state index contributed by atoms with van der Waals surface area (Å²) in [5.41, 5.74) is 5.44. The van der Waals surface area contributed by atoms with E-state index < -0.39 is 20.8 Å². The number of amides is 1. The lowest BCUT2D eigenvalue weighted by Gasteiger charge is -2.41. The van der Waals surface area contributed by atoms with Crippen molar-refractivity contribution in [2.24, 2.45) is 5.73 Å². The van der Waals surface area contributed by atoms with Gasteiger partial charge in [-0.25, -0.2) is 8.42 Å². The topological polar surface area (TPSA) is 80.5 Å². The molecule has 0 spiro atoms. The zero-order valence-corrected chi connectivity index (χ0v) is 13.6. The Labute approximate surface area is 125 Å². The molecule has 1 aliphatic carbocycles. The van der Waals surface area contributed by atoms with Crippen molar-refractivity contribution in [1.29, 1.82) is 0 Å². The van der Waals surface area contributed by atoms with Gasteiger partial charge in [0.2, 0.25) is 5.91 Å². The fourth-order valence-electron chi connectivity index (χ4n) is 2.99. The van der Waals surface area contributed by atoms with Crippen LogP contribution in [0, 0.1) is 0 Å². The molecule has 1 saturated carbocycles. The fraction of sp³-hybridized carbons (Fsp3) is 0.923. The van der Waals surface area contributed by atoms with Gasteiger partial charge in [-0.1, -0.05) is 26.2 Å². The van der Waals surface area contributed by atoms with Crippen molar-refractivity contribution < 1.29 is 13.2 Å². The quantitative estimate of drug-likeness (QED) is 0.838. The van der Waals surface area contributed by atoms with E-state index >= 15 is 0 Å². The number of carbonyl (C=O) groups is 1. The number of hydrogen-bond donors (Lipinski definition) is 1. The van der Waals surface area contributed by atoms with Gasteiger partial charge in [0.1, 0.15) is 5.37 Å². The van der Waals surface area contributed by atoms with Gasteiger partial charge in [0, 0.05) is 23.8 Å². The number of thioether (sulfide) groups is 1. The third-order valence-corrected chi connectivity index (χ3v) is 7.62. The summed E-state index contributed by atoms with van der Waals surface area (Å²) in [5, 5.41) is -0.693. The molecule has 1 unspecified atom stereocenters. The van der Waals surface area contributed by atoms with Crippen LogP contribution in [0.1, 0.15) is 39.0 Å². The molecule has 1 amide bonds. The molecule has 2 rings (SSSR count). The van der Waals surface area contributed by atoms with Crippen LogP contribution < -0.4 is 5.73 Å². The van der Waals surface area contributed by atoms with Crippen LogP contribution in [0.5, 0.6) is 0 Å². The lowest BCUT2D eigenvalue weighted by molar-refractivity contribution is -0.138. The molecule has 0 aromatic carbocycles. The van der Waals surface area contributed by atoms with Crippen LogP contribution in [-0.2, 0) is 14.6 Å². The smallest absolute Gasteiger partial charge is 0.243 e. The molecule has 1 atom stereocenters. The van der Waals surface area contributed by atoms with Gasteiger partial charge in [-0.05, 0) is 12.8 Å². The maximum atomic E-state index is 12.8. The van der Waals surface area contributed by atoms with Gasteiger partial charge in [0.15, 0.2) is 9.84 Å². The first-order chi connectivity index (χ1) is 9.41. The zero-order valence-electron chi connectivity index (χ0n) is 12.0. The summed E-state index contributed by atoms with van der Waals surface area (Å²) >= 11 is 1.60. The average molecular weight is 320 g/mol. The molecule has 2 fully saturated rings. The van der Waals surface area contributed by atoms with Crippen molar-refractivity contribution >= 4 is 27.5 Å². The minimum Gasteiger partial charge on any atom is -0.322 e. The molecule has 0 aromatic heterocycles. The molecule has 1 aliphatic heterocycles. The predicted octanol–water partition coefficient (Wildman–Crippen LogP) is 0.984. The van der Waals surface area contributed by atoms with Crippen molar-refractivity contribution in [2.75, 3.05) is 23.8 Å². The van der Waals surface area contributed by atoms with E-state index in [1.807, 2.05) is 0 Å². The highest BCUT2D eigenvalue weighted by Crippen LogP contribution is 2.31. The maximum absolute atomic E-state index is 12.8. The molecule has 5 nitrogen and oxygen atoms in total. The van der Waals surface area contributed by atoms with Gasteiger partial charge >= 0.3 is 0 Å². The number of rotatable bonds is 3. The van der Waals surface area contributed by atoms with Gasteiger partial charge in [-0.15, -0.1) is 0 Å². The predicted molar refractivity (Wildman–Crippen MR) is 82.3 cm³/mol. The lowest BCUT2D eigenvalue weighted by Crippen LogP contribution is -2.61. The monoisotopic (exact) mass is 320 g/mol. The number of nitrogens with zero attached hydrogens (tertiary/aromatic N) is 1. The van der Waals surface area contributed by atoms with Crippen molar-refractivity contribution in [3.8, 4) is 0 Å². The van der Waals surface area contributed by atoms with E-state index in [1.54, 1.807) is 23.6 Å². The van der Waals surface area contributed by atoms with Crippen LogP contribution in [-0.4, -0.2) is 53.9 Å². The molecule has 1 saturated heterocycles.